The lowest BCUT2D eigenvalue weighted by atomic mass is 10.0. The van der Waals surface area contributed by atoms with Gasteiger partial charge in [0.15, 0.2) is 10.8 Å². The molecular formula is C12H18N4OS. The third-order valence-corrected chi connectivity index (χ3v) is 4.40. The second kappa shape index (κ2) is 4.87. The molecule has 1 fully saturated rings. The minimum absolute atomic E-state index is 0.189. The lowest BCUT2D eigenvalue weighted by molar-refractivity contribution is 0.239. The molecule has 3 N–H and O–H groups in total. The van der Waals surface area contributed by atoms with Crippen molar-refractivity contribution in [1.82, 2.24) is 9.38 Å². The Morgan fingerprint density at radius 2 is 2.39 bits per heavy atom. The summed E-state index contributed by atoms with van der Waals surface area (Å²) in [5.41, 5.74) is 6.92. The predicted octanol–water partition coefficient (Wildman–Crippen LogP) is 1.21. The largest absolute Gasteiger partial charge is 0.394 e. The summed E-state index contributed by atoms with van der Waals surface area (Å²) in [6.45, 7) is 1.63. The van der Waals surface area contributed by atoms with Crippen LogP contribution in [0.25, 0.3) is 4.96 Å². The summed E-state index contributed by atoms with van der Waals surface area (Å²) in [7, 11) is 0. The maximum atomic E-state index is 9.51. The highest BCUT2D eigenvalue weighted by Gasteiger charge is 2.26. The number of rotatable bonds is 3. The van der Waals surface area contributed by atoms with Gasteiger partial charge in [0, 0.05) is 24.7 Å². The van der Waals surface area contributed by atoms with Crippen LogP contribution in [-0.2, 0) is 6.54 Å². The number of thiazole rings is 1. The van der Waals surface area contributed by atoms with Crippen molar-refractivity contribution in [3.05, 3.63) is 17.3 Å². The molecule has 0 saturated carbocycles. The number of nitrogens with two attached hydrogens (primary N) is 1. The highest BCUT2D eigenvalue weighted by molar-refractivity contribution is 7.15. The number of aromatic nitrogens is 2. The van der Waals surface area contributed by atoms with E-state index in [9.17, 15) is 5.11 Å². The number of nitrogens with zero attached hydrogens (tertiary/aromatic N) is 3. The highest BCUT2D eigenvalue weighted by atomic mass is 32.1. The first-order valence-corrected chi connectivity index (χ1v) is 7.25. The molecule has 1 unspecified atom stereocenters. The third kappa shape index (κ3) is 1.81. The molecule has 1 aliphatic heterocycles. The Morgan fingerprint density at radius 3 is 3.17 bits per heavy atom. The van der Waals surface area contributed by atoms with E-state index in [1.54, 1.807) is 11.3 Å². The van der Waals surface area contributed by atoms with Crippen LogP contribution < -0.4 is 10.6 Å². The molecule has 0 spiro atoms. The second-order valence-electron chi connectivity index (χ2n) is 4.67. The molecule has 3 rings (SSSR count). The van der Waals surface area contributed by atoms with Crippen LogP contribution in [0.2, 0.25) is 0 Å². The Labute approximate surface area is 110 Å². The van der Waals surface area contributed by atoms with Crippen molar-refractivity contribution in [3.63, 3.8) is 0 Å². The normalized spacial score (nSPS) is 20.8. The van der Waals surface area contributed by atoms with Gasteiger partial charge in [-0.15, -0.1) is 11.3 Å². The summed E-state index contributed by atoms with van der Waals surface area (Å²) in [4.78, 5) is 7.89. The Hall–Kier alpha value is -1.11. The zero-order valence-electron chi connectivity index (χ0n) is 10.2. The van der Waals surface area contributed by atoms with Gasteiger partial charge in [0.2, 0.25) is 0 Å². The topological polar surface area (TPSA) is 66.8 Å². The average Bonchev–Trinajstić information content (AvgIpc) is 2.98. The summed E-state index contributed by atoms with van der Waals surface area (Å²) in [5.74, 6) is 0.961. The number of fused-ring (bicyclic) bond motifs is 1. The van der Waals surface area contributed by atoms with E-state index < -0.39 is 0 Å². The number of aliphatic hydroxyl groups excluding tert-OH is 1. The van der Waals surface area contributed by atoms with Gasteiger partial charge in [-0.1, -0.05) is 0 Å². The average molecular weight is 266 g/mol. The Kier molecular flexibility index (Phi) is 3.23. The quantitative estimate of drug-likeness (QED) is 0.876. The molecular weight excluding hydrogens is 248 g/mol. The van der Waals surface area contributed by atoms with E-state index in [-0.39, 0.29) is 12.6 Å². The van der Waals surface area contributed by atoms with E-state index in [1.165, 1.54) is 6.42 Å². The Morgan fingerprint density at radius 1 is 1.50 bits per heavy atom. The summed E-state index contributed by atoms with van der Waals surface area (Å²) < 4.78 is 2.06. The van der Waals surface area contributed by atoms with Crippen LogP contribution >= 0.6 is 11.3 Å². The standard InChI is InChI=1S/C12H18N4OS/c13-7-10-11(14-12-16(10)5-6-18-12)15-4-2-1-3-9(15)8-17/h5-6,9,17H,1-4,7-8,13H2. The third-order valence-electron chi connectivity index (χ3n) is 3.64. The molecule has 6 heteroatoms. The maximum Gasteiger partial charge on any atom is 0.195 e. The van der Waals surface area contributed by atoms with Crippen molar-refractivity contribution in [1.29, 1.82) is 0 Å². The maximum absolute atomic E-state index is 9.51. The molecule has 98 valence electrons. The smallest absolute Gasteiger partial charge is 0.195 e. The molecule has 0 radical (unpaired) electrons. The first-order valence-electron chi connectivity index (χ1n) is 6.37. The van der Waals surface area contributed by atoms with E-state index in [0.717, 1.165) is 35.9 Å². The van der Waals surface area contributed by atoms with Gasteiger partial charge in [0.1, 0.15) is 0 Å². The molecule has 0 amide bonds. The van der Waals surface area contributed by atoms with Crippen molar-refractivity contribution in [2.45, 2.75) is 31.8 Å². The zero-order valence-corrected chi connectivity index (χ0v) is 11.1. The molecule has 0 aromatic carbocycles. The van der Waals surface area contributed by atoms with Crippen molar-refractivity contribution >= 4 is 22.1 Å². The van der Waals surface area contributed by atoms with Crippen LogP contribution in [0.5, 0.6) is 0 Å². The van der Waals surface area contributed by atoms with Gasteiger partial charge >= 0.3 is 0 Å². The fraction of sp³-hybridized carbons (Fsp3) is 0.583. The van der Waals surface area contributed by atoms with E-state index in [2.05, 4.69) is 14.3 Å². The monoisotopic (exact) mass is 266 g/mol. The summed E-state index contributed by atoms with van der Waals surface area (Å²) in [5, 5.41) is 11.5. The van der Waals surface area contributed by atoms with Crippen LogP contribution in [0, 0.1) is 0 Å². The summed E-state index contributed by atoms with van der Waals surface area (Å²) >= 11 is 1.62. The minimum atomic E-state index is 0.189. The summed E-state index contributed by atoms with van der Waals surface area (Å²) in [6.07, 6.45) is 5.38. The lowest BCUT2D eigenvalue weighted by Gasteiger charge is -2.35. The van der Waals surface area contributed by atoms with Crippen molar-refractivity contribution in [3.8, 4) is 0 Å². The van der Waals surface area contributed by atoms with Crippen LogP contribution in [0.15, 0.2) is 11.6 Å². The molecule has 18 heavy (non-hydrogen) atoms. The molecule has 2 aromatic rings. The second-order valence-corrected chi connectivity index (χ2v) is 5.54. The molecule has 3 heterocycles. The number of hydrogen-bond acceptors (Lipinski definition) is 5. The van der Waals surface area contributed by atoms with E-state index in [1.807, 2.05) is 11.6 Å². The van der Waals surface area contributed by atoms with Gasteiger partial charge in [-0.25, -0.2) is 4.98 Å². The van der Waals surface area contributed by atoms with E-state index in [0.29, 0.717) is 6.54 Å². The number of imidazole rings is 1. The van der Waals surface area contributed by atoms with E-state index >= 15 is 0 Å². The Balaban J connectivity index is 2.03. The molecule has 1 aliphatic rings. The molecule has 0 aliphatic carbocycles. The molecule has 1 atom stereocenters. The molecule has 1 saturated heterocycles. The van der Waals surface area contributed by atoms with Gasteiger partial charge in [0.25, 0.3) is 0 Å². The van der Waals surface area contributed by atoms with E-state index in [4.69, 9.17) is 5.73 Å². The van der Waals surface area contributed by atoms with Crippen LogP contribution in [0.3, 0.4) is 0 Å². The summed E-state index contributed by atoms with van der Waals surface area (Å²) in [6, 6.07) is 0.189. The number of hydrogen-bond donors (Lipinski definition) is 2. The molecule has 2 aromatic heterocycles. The molecule has 5 nitrogen and oxygen atoms in total. The number of aliphatic hydroxyl groups is 1. The van der Waals surface area contributed by atoms with Gasteiger partial charge in [-0.3, -0.25) is 4.40 Å². The number of piperidine rings is 1. The van der Waals surface area contributed by atoms with Crippen molar-refractivity contribution < 1.29 is 5.11 Å². The molecule has 0 bridgehead atoms. The van der Waals surface area contributed by atoms with Gasteiger partial charge in [-0.05, 0) is 19.3 Å². The zero-order chi connectivity index (χ0) is 12.5. The minimum Gasteiger partial charge on any atom is -0.394 e. The first-order chi connectivity index (χ1) is 8.85. The first kappa shape index (κ1) is 12.0. The Bertz CT molecular complexity index is 535. The van der Waals surface area contributed by atoms with Crippen molar-refractivity contribution in [2.75, 3.05) is 18.1 Å². The highest BCUT2D eigenvalue weighted by Crippen LogP contribution is 2.29. The van der Waals surface area contributed by atoms with Crippen molar-refractivity contribution in [2.24, 2.45) is 5.73 Å². The predicted molar refractivity (Wildman–Crippen MR) is 73.0 cm³/mol. The van der Waals surface area contributed by atoms with Crippen LogP contribution in [0.1, 0.15) is 25.0 Å². The van der Waals surface area contributed by atoms with Crippen LogP contribution in [-0.4, -0.2) is 33.7 Å². The fourth-order valence-electron chi connectivity index (χ4n) is 2.71. The number of anilines is 1. The van der Waals surface area contributed by atoms with Gasteiger partial charge < -0.3 is 15.7 Å². The SMILES string of the molecule is NCc1c(N2CCCCC2CO)nc2sccn12. The van der Waals surface area contributed by atoms with Gasteiger partial charge in [0.05, 0.1) is 18.3 Å². The van der Waals surface area contributed by atoms with Gasteiger partial charge in [-0.2, -0.15) is 0 Å². The lowest BCUT2D eigenvalue weighted by Crippen LogP contribution is -2.42. The van der Waals surface area contributed by atoms with Crippen LogP contribution in [0.4, 0.5) is 5.82 Å². The fourth-order valence-corrected chi connectivity index (χ4v) is 3.44.